The second-order valence-corrected chi connectivity index (χ2v) is 2.34. The highest BCUT2D eigenvalue weighted by Crippen LogP contribution is 1.96. The number of rotatable bonds is 7. The molecule has 3 heteroatoms. The Kier molecular flexibility index (Phi) is 7.89. The number of methoxy groups -OCH3 is 2. The van der Waals surface area contributed by atoms with Crippen molar-refractivity contribution in [1.82, 2.24) is 0 Å². The molecule has 0 rings (SSSR count). The first-order valence-corrected chi connectivity index (χ1v) is 3.98. The average Bonchev–Trinajstić information content (AvgIpc) is 2.03. The largest absolute Gasteiger partial charge is 0.379 e. The van der Waals surface area contributed by atoms with Crippen molar-refractivity contribution in [3.05, 3.63) is 0 Å². The molecule has 0 spiro atoms. The highest BCUT2D eigenvalue weighted by Gasteiger charge is 2.04. The average molecular weight is 162 g/mol. The lowest BCUT2D eigenvalue weighted by Crippen LogP contribution is -2.21. The SMILES string of the molecule is CCCCOC(COC)OC. The van der Waals surface area contributed by atoms with E-state index in [4.69, 9.17) is 14.2 Å². The molecule has 1 atom stereocenters. The molecule has 0 aromatic rings. The molecule has 0 radical (unpaired) electrons. The van der Waals surface area contributed by atoms with Crippen LogP contribution in [-0.2, 0) is 14.2 Å². The van der Waals surface area contributed by atoms with Crippen molar-refractivity contribution in [2.45, 2.75) is 26.1 Å². The Hall–Kier alpha value is -0.120. The fourth-order valence-corrected chi connectivity index (χ4v) is 0.679. The highest BCUT2D eigenvalue weighted by atomic mass is 16.7. The summed E-state index contributed by atoms with van der Waals surface area (Å²) < 4.78 is 15.2. The van der Waals surface area contributed by atoms with E-state index in [9.17, 15) is 0 Å². The molecule has 0 aromatic carbocycles. The van der Waals surface area contributed by atoms with Gasteiger partial charge in [0.1, 0.15) is 0 Å². The van der Waals surface area contributed by atoms with Crippen LogP contribution in [0.5, 0.6) is 0 Å². The zero-order valence-electron chi connectivity index (χ0n) is 7.63. The third-order valence-electron chi connectivity index (χ3n) is 1.37. The van der Waals surface area contributed by atoms with E-state index in [1.165, 1.54) is 0 Å². The Morgan fingerprint density at radius 2 is 2.00 bits per heavy atom. The Labute approximate surface area is 68.6 Å². The molecular weight excluding hydrogens is 144 g/mol. The van der Waals surface area contributed by atoms with Crippen molar-refractivity contribution in [2.24, 2.45) is 0 Å². The van der Waals surface area contributed by atoms with E-state index in [1.54, 1.807) is 14.2 Å². The lowest BCUT2D eigenvalue weighted by atomic mass is 10.4. The fourth-order valence-electron chi connectivity index (χ4n) is 0.679. The highest BCUT2D eigenvalue weighted by molar-refractivity contribution is 4.40. The second kappa shape index (κ2) is 7.98. The summed E-state index contributed by atoms with van der Waals surface area (Å²) in [6, 6.07) is 0. The minimum absolute atomic E-state index is 0.202. The van der Waals surface area contributed by atoms with Crippen LogP contribution in [0.1, 0.15) is 19.8 Å². The smallest absolute Gasteiger partial charge is 0.180 e. The Bertz CT molecular complexity index is 75.7. The van der Waals surface area contributed by atoms with Crippen molar-refractivity contribution >= 4 is 0 Å². The van der Waals surface area contributed by atoms with Gasteiger partial charge in [-0.3, -0.25) is 0 Å². The van der Waals surface area contributed by atoms with E-state index < -0.39 is 0 Å². The Balaban J connectivity index is 3.20. The number of hydrogen-bond acceptors (Lipinski definition) is 3. The van der Waals surface area contributed by atoms with Gasteiger partial charge in [-0.25, -0.2) is 0 Å². The first kappa shape index (κ1) is 10.9. The first-order chi connectivity index (χ1) is 5.35. The van der Waals surface area contributed by atoms with E-state index in [2.05, 4.69) is 6.92 Å². The van der Waals surface area contributed by atoms with Gasteiger partial charge in [0.05, 0.1) is 6.61 Å². The van der Waals surface area contributed by atoms with Crippen molar-refractivity contribution < 1.29 is 14.2 Å². The normalized spacial score (nSPS) is 13.4. The standard InChI is InChI=1S/C8H18O3/c1-4-5-6-11-8(10-3)7-9-2/h8H,4-7H2,1-3H3. The van der Waals surface area contributed by atoms with Gasteiger partial charge in [0, 0.05) is 20.8 Å². The molecule has 0 aliphatic heterocycles. The van der Waals surface area contributed by atoms with Crippen LogP contribution in [0.25, 0.3) is 0 Å². The van der Waals surface area contributed by atoms with Crippen LogP contribution in [0.4, 0.5) is 0 Å². The second-order valence-electron chi connectivity index (χ2n) is 2.34. The predicted molar refractivity (Wildman–Crippen MR) is 43.5 cm³/mol. The number of ether oxygens (including phenoxy) is 3. The molecule has 11 heavy (non-hydrogen) atoms. The fraction of sp³-hybridized carbons (Fsp3) is 1.00. The van der Waals surface area contributed by atoms with E-state index in [-0.39, 0.29) is 6.29 Å². The molecule has 0 aromatic heterocycles. The molecule has 0 fully saturated rings. The summed E-state index contributed by atoms with van der Waals surface area (Å²) in [7, 11) is 3.25. The Morgan fingerprint density at radius 3 is 2.45 bits per heavy atom. The van der Waals surface area contributed by atoms with E-state index >= 15 is 0 Å². The molecule has 0 saturated heterocycles. The summed E-state index contributed by atoms with van der Waals surface area (Å²) in [6.07, 6.45) is 2.01. The number of hydrogen-bond donors (Lipinski definition) is 0. The third-order valence-corrected chi connectivity index (χ3v) is 1.37. The van der Waals surface area contributed by atoms with E-state index in [0.717, 1.165) is 19.4 Å². The van der Waals surface area contributed by atoms with Crippen molar-refractivity contribution in [3.8, 4) is 0 Å². The molecule has 0 aliphatic rings. The lowest BCUT2D eigenvalue weighted by Gasteiger charge is -2.14. The first-order valence-electron chi connectivity index (χ1n) is 3.98. The van der Waals surface area contributed by atoms with Crippen molar-refractivity contribution in [3.63, 3.8) is 0 Å². The van der Waals surface area contributed by atoms with Crippen LogP contribution < -0.4 is 0 Å². The van der Waals surface area contributed by atoms with Crippen LogP contribution in [0.3, 0.4) is 0 Å². The minimum atomic E-state index is -0.202. The maximum Gasteiger partial charge on any atom is 0.180 e. The zero-order valence-corrected chi connectivity index (χ0v) is 7.63. The van der Waals surface area contributed by atoms with E-state index in [0.29, 0.717) is 6.61 Å². The van der Waals surface area contributed by atoms with Gasteiger partial charge >= 0.3 is 0 Å². The molecule has 0 aliphatic carbocycles. The summed E-state index contributed by atoms with van der Waals surface area (Å²) in [4.78, 5) is 0. The van der Waals surface area contributed by atoms with E-state index in [1.807, 2.05) is 0 Å². The summed E-state index contributed by atoms with van der Waals surface area (Å²) >= 11 is 0. The molecule has 68 valence electrons. The summed E-state index contributed by atoms with van der Waals surface area (Å²) in [6.45, 7) is 3.38. The molecule has 0 amide bonds. The Morgan fingerprint density at radius 1 is 1.27 bits per heavy atom. The van der Waals surface area contributed by atoms with Gasteiger partial charge in [0.25, 0.3) is 0 Å². The van der Waals surface area contributed by atoms with Gasteiger partial charge in [-0.1, -0.05) is 13.3 Å². The molecule has 0 saturated carbocycles. The van der Waals surface area contributed by atoms with Crippen LogP contribution in [-0.4, -0.2) is 33.7 Å². The van der Waals surface area contributed by atoms with Gasteiger partial charge < -0.3 is 14.2 Å². The molecule has 0 heterocycles. The topological polar surface area (TPSA) is 27.7 Å². The van der Waals surface area contributed by atoms with Crippen LogP contribution >= 0.6 is 0 Å². The summed E-state index contributed by atoms with van der Waals surface area (Å²) in [5, 5.41) is 0. The zero-order chi connectivity index (χ0) is 8.53. The minimum Gasteiger partial charge on any atom is -0.379 e. The monoisotopic (exact) mass is 162 g/mol. The molecular formula is C8H18O3. The molecule has 3 nitrogen and oxygen atoms in total. The molecule has 0 N–H and O–H groups in total. The molecule has 1 unspecified atom stereocenters. The van der Waals surface area contributed by atoms with Gasteiger partial charge in [0.15, 0.2) is 6.29 Å². The maximum absolute atomic E-state index is 5.32. The van der Waals surface area contributed by atoms with Crippen molar-refractivity contribution in [2.75, 3.05) is 27.4 Å². The summed E-state index contributed by atoms with van der Waals surface area (Å²) in [5.41, 5.74) is 0. The quantitative estimate of drug-likeness (QED) is 0.418. The maximum atomic E-state index is 5.32. The number of unbranched alkanes of at least 4 members (excludes halogenated alkanes) is 1. The van der Waals surface area contributed by atoms with Gasteiger partial charge in [-0.05, 0) is 6.42 Å². The van der Waals surface area contributed by atoms with Crippen molar-refractivity contribution in [1.29, 1.82) is 0 Å². The van der Waals surface area contributed by atoms with Crippen LogP contribution in [0.2, 0.25) is 0 Å². The van der Waals surface area contributed by atoms with Gasteiger partial charge in [-0.15, -0.1) is 0 Å². The molecule has 0 bridgehead atoms. The third kappa shape index (κ3) is 6.28. The lowest BCUT2D eigenvalue weighted by molar-refractivity contribution is -0.152. The van der Waals surface area contributed by atoms with Gasteiger partial charge in [0.2, 0.25) is 0 Å². The van der Waals surface area contributed by atoms with Gasteiger partial charge in [-0.2, -0.15) is 0 Å². The van der Waals surface area contributed by atoms with Crippen LogP contribution in [0, 0.1) is 0 Å². The predicted octanol–water partition coefficient (Wildman–Crippen LogP) is 1.42. The van der Waals surface area contributed by atoms with Crippen LogP contribution in [0.15, 0.2) is 0 Å². The summed E-state index contributed by atoms with van der Waals surface area (Å²) in [5.74, 6) is 0.